The molecule has 0 saturated carbocycles. The first kappa shape index (κ1) is 19.5. The second-order valence-electron chi connectivity index (χ2n) is 7.32. The highest BCUT2D eigenvalue weighted by Gasteiger charge is 2.19. The second kappa shape index (κ2) is 8.05. The molecule has 0 aliphatic carbocycles. The summed E-state index contributed by atoms with van der Waals surface area (Å²) in [6.07, 6.45) is -0.558. The number of amides is 1. The Balaban J connectivity index is 1.95. The van der Waals surface area contributed by atoms with Gasteiger partial charge in [-0.25, -0.2) is 0 Å². The Kier molecular flexibility index (Phi) is 6.28. The van der Waals surface area contributed by atoms with Gasteiger partial charge >= 0.3 is 0 Å². The number of carbonyl (C=O) groups is 1. The van der Waals surface area contributed by atoms with Crippen molar-refractivity contribution in [3.63, 3.8) is 0 Å². The molecule has 2 atom stereocenters. The zero-order chi connectivity index (χ0) is 18.6. The quantitative estimate of drug-likeness (QED) is 0.726. The predicted octanol–water partition coefficient (Wildman–Crippen LogP) is 5.39. The van der Waals surface area contributed by atoms with Gasteiger partial charge in [-0.2, -0.15) is 0 Å². The number of hydrogen-bond donors (Lipinski definition) is 1. The van der Waals surface area contributed by atoms with E-state index >= 15 is 0 Å². The van der Waals surface area contributed by atoms with Gasteiger partial charge in [0, 0.05) is 4.47 Å². The van der Waals surface area contributed by atoms with Crippen molar-refractivity contribution in [2.45, 2.75) is 52.2 Å². The van der Waals surface area contributed by atoms with E-state index in [-0.39, 0.29) is 17.4 Å². The summed E-state index contributed by atoms with van der Waals surface area (Å²) >= 11 is 3.38. The van der Waals surface area contributed by atoms with Crippen molar-refractivity contribution in [3.8, 4) is 5.75 Å². The van der Waals surface area contributed by atoms with Gasteiger partial charge in [0.15, 0.2) is 6.10 Å². The average Bonchev–Trinajstić information content (AvgIpc) is 2.56. The first-order valence-electron chi connectivity index (χ1n) is 8.50. The summed E-state index contributed by atoms with van der Waals surface area (Å²) in [5.41, 5.74) is 2.48. The molecule has 0 bridgehead atoms. The maximum Gasteiger partial charge on any atom is 0.261 e. The fourth-order valence-electron chi connectivity index (χ4n) is 2.46. The molecule has 25 heavy (non-hydrogen) atoms. The third-order valence-electron chi connectivity index (χ3n) is 4.13. The summed E-state index contributed by atoms with van der Waals surface area (Å²) in [5.74, 6) is 0.545. The lowest BCUT2D eigenvalue weighted by atomic mass is 9.86. The molecule has 0 unspecified atom stereocenters. The number of carbonyl (C=O) groups excluding carboxylic acids is 1. The molecule has 0 fully saturated rings. The fraction of sp³-hybridized carbons (Fsp3) is 0.381. The van der Waals surface area contributed by atoms with E-state index in [0.29, 0.717) is 5.75 Å². The zero-order valence-electron chi connectivity index (χ0n) is 15.5. The summed E-state index contributed by atoms with van der Waals surface area (Å²) in [6, 6.07) is 15.8. The number of ether oxygens (including phenoxy) is 1. The highest BCUT2D eigenvalue weighted by Crippen LogP contribution is 2.24. The molecule has 2 aromatic carbocycles. The largest absolute Gasteiger partial charge is 0.481 e. The van der Waals surface area contributed by atoms with E-state index in [4.69, 9.17) is 4.74 Å². The van der Waals surface area contributed by atoms with Gasteiger partial charge in [0.1, 0.15) is 5.75 Å². The van der Waals surface area contributed by atoms with Gasteiger partial charge in [-0.15, -0.1) is 0 Å². The molecule has 134 valence electrons. The van der Waals surface area contributed by atoms with E-state index in [9.17, 15) is 4.79 Å². The first-order valence-corrected chi connectivity index (χ1v) is 9.29. The van der Waals surface area contributed by atoms with Crippen LogP contribution in [0, 0.1) is 0 Å². The molecule has 0 aliphatic heterocycles. The molecular weight excluding hydrogens is 378 g/mol. The average molecular weight is 404 g/mol. The van der Waals surface area contributed by atoms with Crippen LogP contribution in [0.25, 0.3) is 0 Å². The summed E-state index contributed by atoms with van der Waals surface area (Å²) in [6.45, 7) is 10.3. The van der Waals surface area contributed by atoms with Gasteiger partial charge in [0.2, 0.25) is 0 Å². The van der Waals surface area contributed by atoms with Gasteiger partial charge in [0.25, 0.3) is 5.91 Å². The van der Waals surface area contributed by atoms with E-state index in [1.165, 1.54) is 5.56 Å². The monoisotopic (exact) mass is 403 g/mol. The van der Waals surface area contributed by atoms with Crippen molar-refractivity contribution in [2.24, 2.45) is 0 Å². The number of benzene rings is 2. The van der Waals surface area contributed by atoms with Gasteiger partial charge < -0.3 is 10.1 Å². The molecular formula is C21H26BrNO2. The van der Waals surface area contributed by atoms with Crippen LogP contribution >= 0.6 is 15.9 Å². The number of hydrogen-bond acceptors (Lipinski definition) is 2. The molecule has 0 aliphatic rings. The van der Waals surface area contributed by atoms with Crippen molar-refractivity contribution in [2.75, 3.05) is 0 Å². The standard InChI is InChI=1S/C21H26BrNO2/c1-14(16-6-8-17(9-7-16)21(3,4)5)23-20(24)15(2)25-19-12-10-18(22)11-13-19/h6-15H,1-5H3,(H,23,24)/t14-,15+/m0/s1. The Hall–Kier alpha value is -1.81. The SMILES string of the molecule is C[C@H](NC(=O)[C@@H](C)Oc1ccc(Br)cc1)c1ccc(C(C)(C)C)cc1. The summed E-state index contributed by atoms with van der Waals surface area (Å²) < 4.78 is 6.67. The van der Waals surface area contributed by atoms with E-state index in [2.05, 4.69) is 66.3 Å². The van der Waals surface area contributed by atoms with Crippen LogP contribution in [0.1, 0.15) is 51.8 Å². The number of nitrogens with one attached hydrogen (secondary N) is 1. The highest BCUT2D eigenvalue weighted by molar-refractivity contribution is 9.10. The predicted molar refractivity (Wildman–Crippen MR) is 106 cm³/mol. The minimum absolute atomic E-state index is 0.0718. The molecule has 0 radical (unpaired) electrons. The molecule has 4 heteroatoms. The molecule has 3 nitrogen and oxygen atoms in total. The minimum Gasteiger partial charge on any atom is -0.481 e. The van der Waals surface area contributed by atoms with Crippen molar-refractivity contribution in [1.29, 1.82) is 0 Å². The third-order valence-corrected chi connectivity index (χ3v) is 4.66. The molecule has 0 aromatic heterocycles. The fourth-order valence-corrected chi connectivity index (χ4v) is 2.72. The lowest BCUT2D eigenvalue weighted by Crippen LogP contribution is -2.37. The molecule has 0 heterocycles. The lowest BCUT2D eigenvalue weighted by Gasteiger charge is -2.22. The van der Waals surface area contributed by atoms with E-state index in [0.717, 1.165) is 10.0 Å². The van der Waals surface area contributed by atoms with Gasteiger partial charge in [-0.1, -0.05) is 61.0 Å². The summed E-state index contributed by atoms with van der Waals surface area (Å²) in [5, 5.41) is 3.01. The molecule has 1 N–H and O–H groups in total. The smallest absolute Gasteiger partial charge is 0.261 e. The first-order chi connectivity index (χ1) is 11.7. The topological polar surface area (TPSA) is 38.3 Å². The Morgan fingerprint density at radius 1 is 1.00 bits per heavy atom. The zero-order valence-corrected chi connectivity index (χ0v) is 17.1. The number of rotatable bonds is 5. The molecule has 0 saturated heterocycles. The second-order valence-corrected chi connectivity index (χ2v) is 8.23. The maximum absolute atomic E-state index is 12.4. The van der Waals surface area contributed by atoms with Crippen LogP contribution in [0.3, 0.4) is 0 Å². The van der Waals surface area contributed by atoms with Crippen LogP contribution in [0.4, 0.5) is 0 Å². The van der Waals surface area contributed by atoms with E-state index in [1.807, 2.05) is 31.2 Å². The van der Waals surface area contributed by atoms with Gasteiger partial charge in [-0.05, 0) is 54.7 Å². The Labute approximate surface area is 158 Å². The van der Waals surface area contributed by atoms with Crippen molar-refractivity contribution in [1.82, 2.24) is 5.32 Å². The van der Waals surface area contributed by atoms with Crippen LogP contribution in [-0.4, -0.2) is 12.0 Å². The maximum atomic E-state index is 12.4. The van der Waals surface area contributed by atoms with Crippen molar-refractivity contribution in [3.05, 3.63) is 64.1 Å². The van der Waals surface area contributed by atoms with Crippen LogP contribution < -0.4 is 10.1 Å². The van der Waals surface area contributed by atoms with Crippen LogP contribution in [0.15, 0.2) is 53.0 Å². The van der Waals surface area contributed by atoms with Crippen LogP contribution in [0.2, 0.25) is 0 Å². The Morgan fingerprint density at radius 3 is 2.08 bits per heavy atom. The highest BCUT2D eigenvalue weighted by atomic mass is 79.9. The number of halogens is 1. The Morgan fingerprint density at radius 2 is 1.56 bits per heavy atom. The molecule has 2 aromatic rings. The molecule has 2 rings (SSSR count). The molecule has 0 spiro atoms. The minimum atomic E-state index is -0.558. The van der Waals surface area contributed by atoms with Crippen LogP contribution in [-0.2, 0) is 10.2 Å². The third kappa shape index (κ3) is 5.60. The van der Waals surface area contributed by atoms with Crippen molar-refractivity contribution >= 4 is 21.8 Å². The van der Waals surface area contributed by atoms with Gasteiger partial charge in [-0.3, -0.25) is 4.79 Å². The summed E-state index contributed by atoms with van der Waals surface area (Å²) in [4.78, 5) is 12.4. The summed E-state index contributed by atoms with van der Waals surface area (Å²) in [7, 11) is 0. The molecule has 1 amide bonds. The van der Waals surface area contributed by atoms with Crippen LogP contribution in [0.5, 0.6) is 5.75 Å². The van der Waals surface area contributed by atoms with Crippen molar-refractivity contribution < 1.29 is 9.53 Å². The lowest BCUT2D eigenvalue weighted by molar-refractivity contribution is -0.127. The van der Waals surface area contributed by atoms with E-state index < -0.39 is 6.10 Å². The Bertz CT molecular complexity index is 702. The van der Waals surface area contributed by atoms with Gasteiger partial charge in [0.05, 0.1) is 6.04 Å². The normalized spacial score (nSPS) is 13.8. The van der Waals surface area contributed by atoms with E-state index in [1.54, 1.807) is 6.92 Å².